The Balaban J connectivity index is 1.41. The predicted octanol–water partition coefficient (Wildman–Crippen LogP) is 4.19. The van der Waals surface area contributed by atoms with Crippen LogP contribution in [0.2, 0.25) is 0 Å². The Kier molecular flexibility index (Phi) is 5.18. The summed E-state index contributed by atoms with van der Waals surface area (Å²) in [5, 5.41) is 3.07. The van der Waals surface area contributed by atoms with Crippen LogP contribution in [-0.2, 0) is 11.2 Å². The SMILES string of the molecule is O=C(Cc1ccc2c(c1)OCCO2)Nc1nc2ccc(OCC(F)(F)F)cc2s1. The van der Waals surface area contributed by atoms with Gasteiger partial charge in [-0.3, -0.25) is 4.79 Å². The van der Waals surface area contributed by atoms with Crippen LogP contribution in [0.4, 0.5) is 18.3 Å². The second-order valence-corrected chi connectivity index (χ2v) is 7.29. The van der Waals surface area contributed by atoms with Crippen LogP contribution in [0.5, 0.6) is 17.2 Å². The molecule has 0 radical (unpaired) electrons. The molecule has 1 amide bonds. The molecule has 4 rings (SSSR count). The van der Waals surface area contributed by atoms with E-state index >= 15 is 0 Å². The van der Waals surface area contributed by atoms with Gasteiger partial charge >= 0.3 is 6.18 Å². The average molecular weight is 424 g/mol. The van der Waals surface area contributed by atoms with E-state index in [9.17, 15) is 18.0 Å². The number of hydrogen-bond acceptors (Lipinski definition) is 6. The fourth-order valence-corrected chi connectivity index (χ4v) is 3.67. The molecule has 0 saturated heterocycles. The zero-order chi connectivity index (χ0) is 20.4. The molecule has 0 spiro atoms. The lowest BCUT2D eigenvalue weighted by molar-refractivity contribution is -0.153. The number of halogens is 3. The van der Waals surface area contributed by atoms with Gasteiger partial charge in [0, 0.05) is 0 Å². The molecule has 0 saturated carbocycles. The highest BCUT2D eigenvalue weighted by Gasteiger charge is 2.28. The Bertz CT molecular complexity index is 1050. The van der Waals surface area contributed by atoms with Crippen LogP contribution in [0.15, 0.2) is 36.4 Å². The van der Waals surface area contributed by atoms with Crippen LogP contribution < -0.4 is 19.5 Å². The number of alkyl halides is 3. The summed E-state index contributed by atoms with van der Waals surface area (Å²) >= 11 is 1.16. The van der Waals surface area contributed by atoms with Crippen molar-refractivity contribution < 1.29 is 32.2 Å². The van der Waals surface area contributed by atoms with Crippen molar-refractivity contribution >= 4 is 32.6 Å². The number of nitrogens with one attached hydrogen (secondary N) is 1. The molecule has 0 unspecified atom stereocenters. The van der Waals surface area contributed by atoms with Gasteiger partial charge in [-0.1, -0.05) is 17.4 Å². The first kappa shape index (κ1) is 19.3. The van der Waals surface area contributed by atoms with Crippen LogP contribution in [0.3, 0.4) is 0 Å². The Morgan fingerprint density at radius 2 is 1.93 bits per heavy atom. The molecule has 29 heavy (non-hydrogen) atoms. The quantitative estimate of drug-likeness (QED) is 0.665. The molecule has 0 bridgehead atoms. The second kappa shape index (κ2) is 7.78. The van der Waals surface area contributed by atoms with Gasteiger partial charge in [-0.05, 0) is 35.9 Å². The maximum absolute atomic E-state index is 12.3. The highest BCUT2D eigenvalue weighted by Crippen LogP contribution is 2.32. The summed E-state index contributed by atoms with van der Waals surface area (Å²) in [5.74, 6) is 1.07. The van der Waals surface area contributed by atoms with E-state index < -0.39 is 12.8 Å². The summed E-state index contributed by atoms with van der Waals surface area (Å²) in [7, 11) is 0. The van der Waals surface area contributed by atoms with Gasteiger partial charge in [-0.2, -0.15) is 13.2 Å². The summed E-state index contributed by atoms with van der Waals surface area (Å²) in [4.78, 5) is 16.6. The van der Waals surface area contributed by atoms with Gasteiger partial charge in [0.1, 0.15) is 19.0 Å². The number of aromatic nitrogens is 1. The Morgan fingerprint density at radius 1 is 1.14 bits per heavy atom. The number of amides is 1. The number of hydrogen-bond donors (Lipinski definition) is 1. The molecule has 10 heteroatoms. The van der Waals surface area contributed by atoms with Crippen molar-refractivity contribution in [2.45, 2.75) is 12.6 Å². The molecular weight excluding hydrogens is 409 g/mol. The molecule has 3 aromatic rings. The van der Waals surface area contributed by atoms with E-state index in [0.29, 0.717) is 40.1 Å². The molecule has 1 aliphatic heterocycles. The number of fused-ring (bicyclic) bond motifs is 2. The van der Waals surface area contributed by atoms with Gasteiger partial charge in [-0.15, -0.1) is 0 Å². The lowest BCUT2D eigenvalue weighted by Gasteiger charge is -2.18. The minimum absolute atomic E-state index is 0.0904. The number of anilines is 1. The van der Waals surface area contributed by atoms with Gasteiger partial charge < -0.3 is 19.5 Å². The Labute approximate surface area is 167 Å². The first-order valence-electron chi connectivity index (χ1n) is 8.64. The van der Waals surface area contributed by atoms with Crippen molar-refractivity contribution in [1.82, 2.24) is 4.98 Å². The lowest BCUT2D eigenvalue weighted by atomic mass is 10.1. The highest BCUT2D eigenvalue weighted by atomic mass is 32.1. The maximum atomic E-state index is 12.3. The minimum atomic E-state index is -4.41. The number of benzene rings is 2. The molecular formula is C19H15F3N2O4S. The second-order valence-electron chi connectivity index (χ2n) is 6.26. The topological polar surface area (TPSA) is 69.7 Å². The number of carbonyl (C=O) groups excluding carboxylic acids is 1. The van der Waals surface area contributed by atoms with Crippen LogP contribution in [0.25, 0.3) is 10.2 Å². The molecule has 1 aromatic heterocycles. The maximum Gasteiger partial charge on any atom is 0.422 e. The van der Waals surface area contributed by atoms with E-state index in [4.69, 9.17) is 14.2 Å². The molecule has 1 aliphatic rings. The molecule has 0 atom stereocenters. The number of rotatable bonds is 5. The number of nitrogens with zero attached hydrogens (tertiary/aromatic N) is 1. The van der Waals surface area contributed by atoms with Crippen molar-refractivity contribution in [1.29, 1.82) is 0 Å². The molecule has 2 heterocycles. The summed E-state index contributed by atoms with van der Waals surface area (Å²) in [6.07, 6.45) is -4.29. The van der Waals surface area contributed by atoms with E-state index in [2.05, 4.69) is 10.3 Å². The van der Waals surface area contributed by atoms with Gasteiger partial charge in [0.15, 0.2) is 23.2 Å². The predicted molar refractivity (Wildman–Crippen MR) is 101 cm³/mol. The van der Waals surface area contributed by atoms with Crippen molar-refractivity contribution in [2.75, 3.05) is 25.1 Å². The van der Waals surface area contributed by atoms with Crippen molar-refractivity contribution in [3.05, 3.63) is 42.0 Å². The molecule has 1 N–H and O–H groups in total. The Hall–Kier alpha value is -3.01. The van der Waals surface area contributed by atoms with Crippen molar-refractivity contribution in [3.63, 3.8) is 0 Å². The van der Waals surface area contributed by atoms with Gasteiger partial charge in [0.05, 0.1) is 16.6 Å². The fourth-order valence-electron chi connectivity index (χ4n) is 2.76. The van der Waals surface area contributed by atoms with Crippen molar-refractivity contribution in [2.24, 2.45) is 0 Å². The van der Waals surface area contributed by atoms with Gasteiger partial charge in [0.25, 0.3) is 0 Å². The van der Waals surface area contributed by atoms with Crippen LogP contribution in [-0.4, -0.2) is 36.9 Å². The molecule has 0 aliphatic carbocycles. The number of carbonyl (C=O) groups is 1. The average Bonchev–Trinajstić information content (AvgIpc) is 3.07. The van der Waals surface area contributed by atoms with Gasteiger partial charge in [0.2, 0.25) is 5.91 Å². The summed E-state index contributed by atoms with van der Waals surface area (Å²) in [6.45, 7) is -0.410. The number of thiazole rings is 1. The van der Waals surface area contributed by atoms with E-state index in [1.807, 2.05) is 0 Å². The van der Waals surface area contributed by atoms with Crippen molar-refractivity contribution in [3.8, 4) is 17.2 Å². The molecule has 152 valence electrons. The first-order chi connectivity index (χ1) is 13.9. The smallest absolute Gasteiger partial charge is 0.422 e. The number of ether oxygens (including phenoxy) is 3. The molecule has 0 fully saturated rings. The largest absolute Gasteiger partial charge is 0.486 e. The van der Waals surface area contributed by atoms with Crippen LogP contribution >= 0.6 is 11.3 Å². The van der Waals surface area contributed by atoms with Crippen LogP contribution in [0.1, 0.15) is 5.56 Å². The normalized spacial score (nSPS) is 13.3. The van der Waals surface area contributed by atoms with E-state index in [1.165, 1.54) is 12.1 Å². The fraction of sp³-hybridized carbons (Fsp3) is 0.263. The first-order valence-corrected chi connectivity index (χ1v) is 9.46. The van der Waals surface area contributed by atoms with E-state index in [-0.39, 0.29) is 18.1 Å². The molecule has 6 nitrogen and oxygen atoms in total. The van der Waals surface area contributed by atoms with Gasteiger partial charge in [-0.25, -0.2) is 4.98 Å². The van der Waals surface area contributed by atoms with Crippen LogP contribution in [0, 0.1) is 0 Å². The third-order valence-electron chi connectivity index (χ3n) is 3.98. The third kappa shape index (κ3) is 4.89. The lowest BCUT2D eigenvalue weighted by Crippen LogP contribution is -2.19. The van der Waals surface area contributed by atoms with E-state index in [1.54, 1.807) is 24.3 Å². The molecule has 2 aromatic carbocycles. The summed E-state index contributed by atoms with van der Waals surface area (Å²) in [5.41, 5.74) is 1.32. The zero-order valence-electron chi connectivity index (χ0n) is 14.9. The standard InChI is InChI=1S/C19H15F3N2O4S/c20-19(21,22)10-28-12-2-3-13-16(9-12)29-18(23-13)24-17(25)8-11-1-4-14-15(7-11)27-6-5-26-14/h1-4,7,9H,5-6,8,10H2,(H,23,24,25). The summed E-state index contributed by atoms with van der Waals surface area (Å²) < 4.78 is 53.1. The Morgan fingerprint density at radius 3 is 2.72 bits per heavy atom. The zero-order valence-corrected chi connectivity index (χ0v) is 15.7. The summed E-state index contributed by atoms with van der Waals surface area (Å²) in [6, 6.07) is 9.74. The van der Waals surface area contributed by atoms with E-state index in [0.717, 1.165) is 16.9 Å². The monoisotopic (exact) mass is 424 g/mol. The third-order valence-corrected chi connectivity index (χ3v) is 4.91. The minimum Gasteiger partial charge on any atom is -0.486 e. The highest BCUT2D eigenvalue weighted by molar-refractivity contribution is 7.22.